The number of pyridine rings is 1. The Hall–Kier alpha value is -0.930. The molecule has 0 radical (unpaired) electrons. The zero-order valence-corrected chi connectivity index (χ0v) is 11.5. The van der Waals surface area contributed by atoms with E-state index in [1.54, 1.807) is 18.5 Å². The number of hydrogen-bond acceptors (Lipinski definition) is 3. The molecule has 17 heavy (non-hydrogen) atoms. The lowest BCUT2D eigenvalue weighted by Crippen LogP contribution is -2.52. The van der Waals surface area contributed by atoms with Crippen molar-refractivity contribution >= 4 is 17.4 Å². The Morgan fingerprint density at radius 2 is 2.00 bits per heavy atom. The van der Waals surface area contributed by atoms with Gasteiger partial charge in [-0.1, -0.05) is 25.4 Å². The summed E-state index contributed by atoms with van der Waals surface area (Å²) in [5.74, 6) is 0.0816. The number of rotatable bonds is 4. The molecule has 0 aliphatic heterocycles. The van der Waals surface area contributed by atoms with Gasteiger partial charge < -0.3 is 5.73 Å². The summed E-state index contributed by atoms with van der Waals surface area (Å²) in [6, 6.07) is 1.76. The summed E-state index contributed by atoms with van der Waals surface area (Å²) in [6.45, 7) is 7.45. The highest BCUT2D eigenvalue weighted by molar-refractivity contribution is 6.31. The molecule has 0 spiro atoms. The van der Waals surface area contributed by atoms with Crippen LogP contribution in [0.3, 0.4) is 0 Å². The van der Waals surface area contributed by atoms with Crippen molar-refractivity contribution in [3.63, 3.8) is 0 Å². The van der Waals surface area contributed by atoms with Gasteiger partial charge in [-0.3, -0.25) is 9.78 Å². The molecule has 0 amide bonds. The molecule has 0 fully saturated rings. The number of hydrogen-bond donors (Lipinski definition) is 1. The number of nitrogens with zero attached hydrogens (tertiary/aromatic N) is 1. The van der Waals surface area contributed by atoms with E-state index in [2.05, 4.69) is 4.98 Å². The minimum atomic E-state index is -0.598. The van der Waals surface area contributed by atoms with Gasteiger partial charge in [-0.05, 0) is 25.5 Å². The van der Waals surface area contributed by atoms with Crippen molar-refractivity contribution < 1.29 is 4.79 Å². The van der Waals surface area contributed by atoms with E-state index in [1.165, 1.54) is 0 Å². The van der Waals surface area contributed by atoms with Crippen molar-refractivity contribution in [2.24, 2.45) is 11.1 Å². The van der Waals surface area contributed by atoms with Gasteiger partial charge in [0.15, 0.2) is 0 Å². The quantitative estimate of drug-likeness (QED) is 0.899. The number of Topliss-reactive ketones (excluding diaryl/α,β-unsaturated/α-hetero) is 1. The van der Waals surface area contributed by atoms with E-state index in [9.17, 15) is 4.79 Å². The SMILES string of the molecule is CC(C)(N)C(C)(C)C(=O)Cc1ccncc1Cl. The Morgan fingerprint density at radius 1 is 1.41 bits per heavy atom. The maximum Gasteiger partial charge on any atom is 0.144 e. The average Bonchev–Trinajstić information content (AvgIpc) is 2.19. The molecule has 1 rings (SSSR count). The number of nitrogens with two attached hydrogens (primary N) is 1. The third-order valence-electron chi connectivity index (χ3n) is 3.52. The Morgan fingerprint density at radius 3 is 2.47 bits per heavy atom. The molecule has 0 aromatic carbocycles. The van der Waals surface area contributed by atoms with Gasteiger partial charge in [-0.2, -0.15) is 0 Å². The lowest BCUT2D eigenvalue weighted by Gasteiger charge is -2.37. The van der Waals surface area contributed by atoms with Gasteiger partial charge in [0.25, 0.3) is 0 Å². The summed E-state index contributed by atoms with van der Waals surface area (Å²) in [6.07, 6.45) is 3.47. The molecule has 1 aromatic rings. The standard InChI is InChI=1S/C13H19ClN2O/c1-12(2,13(3,4)15)11(17)7-9-5-6-16-8-10(9)14/h5-6,8H,7,15H2,1-4H3. The molecule has 1 aromatic heterocycles. The number of aromatic nitrogens is 1. The first kappa shape index (κ1) is 14.1. The highest BCUT2D eigenvalue weighted by Gasteiger charge is 2.39. The third-order valence-corrected chi connectivity index (χ3v) is 3.86. The van der Waals surface area contributed by atoms with Gasteiger partial charge >= 0.3 is 0 Å². The number of carbonyl (C=O) groups excluding carboxylic acids is 1. The Balaban J connectivity index is 2.91. The maximum absolute atomic E-state index is 12.3. The Bertz CT molecular complexity index is 422. The topological polar surface area (TPSA) is 56.0 Å². The first-order valence-corrected chi connectivity index (χ1v) is 5.94. The van der Waals surface area contributed by atoms with Gasteiger partial charge in [0.05, 0.1) is 5.02 Å². The molecule has 94 valence electrons. The van der Waals surface area contributed by atoms with Crippen LogP contribution >= 0.6 is 11.6 Å². The zero-order valence-electron chi connectivity index (χ0n) is 10.7. The molecular weight excluding hydrogens is 236 g/mol. The third kappa shape index (κ3) is 3.05. The molecular formula is C13H19ClN2O. The summed E-state index contributed by atoms with van der Waals surface area (Å²) < 4.78 is 0. The molecule has 0 aliphatic rings. The fraction of sp³-hybridized carbons (Fsp3) is 0.538. The van der Waals surface area contributed by atoms with Crippen LogP contribution in [0.2, 0.25) is 5.02 Å². The average molecular weight is 255 g/mol. The lowest BCUT2D eigenvalue weighted by molar-refractivity contribution is -0.129. The van der Waals surface area contributed by atoms with Crippen molar-refractivity contribution in [3.05, 3.63) is 29.0 Å². The molecule has 0 atom stereocenters. The van der Waals surface area contributed by atoms with Crippen molar-refractivity contribution in [2.75, 3.05) is 0 Å². The number of halogens is 1. The van der Waals surface area contributed by atoms with Gasteiger partial charge in [0.2, 0.25) is 0 Å². The molecule has 0 unspecified atom stereocenters. The Labute approximate surface area is 107 Å². The van der Waals surface area contributed by atoms with Crippen molar-refractivity contribution in [2.45, 2.75) is 39.7 Å². The smallest absolute Gasteiger partial charge is 0.144 e. The van der Waals surface area contributed by atoms with Crippen molar-refractivity contribution in [3.8, 4) is 0 Å². The van der Waals surface area contributed by atoms with Crippen molar-refractivity contribution in [1.82, 2.24) is 4.98 Å². The van der Waals surface area contributed by atoms with E-state index in [1.807, 2.05) is 27.7 Å². The fourth-order valence-electron chi connectivity index (χ4n) is 1.30. The van der Waals surface area contributed by atoms with Crippen LogP contribution in [0.5, 0.6) is 0 Å². The van der Waals surface area contributed by atoms with E-state index in [0.29, 0.717) is 5.02 Å². The largest absolute Gasteiger partial charge is 0.325 e. The summed E-state index contributed by atoms with van der Waals surface area (Å²) >= 11 is 5.99. The second-order valence-electron chi connectivity index (χ2n) is 5.41. The molecule has 0 saturated carbocycles. The van der Waals surface area contributed by atoms with Crippen LogP contribution < -0.4 is 5.73 Å². The first-order chi connectivity index (χ1) is 7.66. The van der Waals surface area contributed by atoms with Gasteiger partial charge in [-0.15, -0.1) is 0 Å². The van der Waals surface area contributed by atoms with Crippen LogP contribution in [-0.4, -0.2) is 16.3 Å². The van der Waals surface area contributed by atoms with Crippen LogP contribution in [0.1, 0.15) is 33.3 Å². The molecule has 2 N–H and O–H groups in total. The van der Waals surface area contributed by atoms with Crippen LogP contribution in [0, 0.1) is 5.41 Å². The van der Waals surface area contributed by atoms with Crippen LogP contribution in [-0.2, 0) is 11.2 Å². The molecule has 3 nitrogen and oxygen atoms in total. The van der Waals surface area contributed by atoms with Crippen LogP contribution in [0.25, 0.3) is 0 Å². The van der Waals surface area contributed by atoms with Crippen LogP contribution in [0.15, 0.2) is 18.5 Å². The van der Waals surface area contributed by atoms with E-state index in [0.717, 1.165) is 5.56 Å². The van der Waals surface area contributed by atoms with Gasteiger partial charge in [-0.25, -0.2) is 0 Å². The van der Waals surface area contributed by atoms with Crippen LogP contribution in [0.4, 0.5) is 0 Å². The maximum atomic E-state index is 12.3. The second-order valence-corrected chi connectivity index (χ2v) is 5.82. The lowest BCUT2D eigenvalue weighted by atomic mass is 9.71. The highest BCUT2D eigenvalue weighted by atomic mass is 35.5. The molecule has 0 saturated heterocycles. The minimum Gasteiger partial charge on any atom is -0.325 e. The second kappa shape index (κ2) is 4.75. The van der Waals surface area contributed by atoms with E-state index < -0.39 is 11.0 Å². The van der Waals surface area contributed by atoms with Crippen molar-refractivity contribution in [1.29, 1.82) is 0 Å². The Kier molecular flexibility index (Phi) is 3.95. The predicted molar refractivity (Wildman–Crippen MR) is 70.0 cm³/mol. The predicted octanol–water partition coefficient (Wildman–Crippen LogP) is 2.61. The normalized spacial score (nSPS) is 12.6. The monoisotopic (exact) mass is 254 g/mol. The van der Waals surface area contributed by atoms with E-state index in [-0.39, 0.29) is 12.2 Å². The van der Waals surface area contributed by atoms with Gasteiger partial charge in [0.1, 0.15) is 5.78 Å². The fourth-order valence-corrected chi connectivity index (χ4v) is 1.49. The minimum absolute atomic E-state index is 0.0816. The number of ketones is 1. The summed E-state index contributed by atoms with van der Waals surface area (Å²) in [7, 11) is 0. The summed E-state index contributed by atoms with van der Waals surface area (Å²) in [5.41, 5.74) is 5.67. The molecule has 1 heterocycles. The van der Waals surface area contributed by atoms with E-state index >= 15 is 0 Å². The molecule has 4 heteroatoms. The summed E-state index contributed by atoms with van der Waals surface area (Å²) in [4.78, 5) is 16.2. The number of carbonyl (C=O) groups is 1. The van der Waals surface area contributed by atoms with E-state index in [4.69, 9.17) is 17.3 Å². The highest BCUT2D eigenvalue weighted by Crippen LogP contribution is 2.31. The zero-order chi connectivity index (χ0) is 13.3. The summed E-state index contributed by atoms with van der Waals surface area (Å²) in [5, 5.41) is 0.520. The van der Waals surface area contributed by atoms with Gasteiger partial charge in [0, 0.05) is 29.8 Å². The first-order valence-electron chi connectivity index (χ1n) is 5.57. The molecule has 0 bridgehead atoms. The molecule has 0 aliphatic carbocycles.